The molecule has 0 saturated heterocycles. The van der Waals surface area contributed by atoms with Gasteiger partial charge < -0.3 is 9.64 Å². The quantitative estimate of drug-likeness (QED) is 0.627. The lowest BCUT2D eigenvalue weighted by Crippen LogP contribution is -2.37. The SMILES string of the molecule is CN(C)C(=O)OC[n+]1ccccc1. The summed E-state index contributed by atoms with van der Waals surface area (Å²) in [4.78, 5) is 12.4. The van der Waals surface area contributed by atoms with Crippen LogP contribution in [0.1, 0.15) is 0 Å². The van der Waals surface area contributed by atoms with Crippen LogP contribution in [0.2, 0.25) is 0 Å². The third kappa shape index (κ3) is 3.11. The number of amides is 1. The Bertz CT molecular complexity index is 272. The average Bonchev–Trinajstić information content (AvgIpc) is 2.15. The summed E-state index contributed by atoms with van der Waals surface area (Å²) in [6.45, 7) is 0.248. The maximum Gasteiger partial charge on any atom is 0.414 e. The Balaban J connectivity index is 2.40. The molecule has 4 nitrogen and oxygen atoms in total. The molecule has 1 aromatic heterocycles. The first-order valence-corrected chi connectivity index (χ1v) is 3.98. The van der Waals surface area contributed by atoms with Gasteiger partial charge in [0, 0.05) is 26.2 Å². The molecule has 1 amide bonds. The molecule has 1 rings (SSSR count). The smallest absolute Gasteiger partial charge is 0.388 e. The molecule has 0 radical (unpaired) electrons. The molecule has 0 atom stereocenters. The van der Waals surface area contributed by atoms with Crippen LogP contribution in [0.5, 0.6) is 0 Å². The molecule has 1 aromatic rings. The maximum atomic E-state index is 11.0. The number of ether oxygens (including phenoxy) is 1. The maximum absolute atomic E-state index is 11.0. The van der Waals surface area contributed by atoms with Crippen molar-refractivity contribution in [2.75, 3.05) is 14.1 Å². The van der Waals surface area contributed by atoms with Crippen LogP contribution in [0.25, 0.3) is 0 Å². The van der Waals surface area contributed by atoms with Crippen LogP contribution in [0.15, 0.2) is 30.6 Å². The molecule has 0 N–H and O–H groups in total. The van der Waals surface area contributed by atoms with Gasteiger partial charge in [-0.25, -0.2) is 4.79 Å². The Hall–Kier alpha value is -1.58. The van der Waals surface area contributed by atoms with Crippen molar-refractivity contribution in [1.82, 2.24) is 4.90 Å². The Morgan fingerprint density at radius 3 is 2.46 bits per heavy atom. The molecule has 0 spiro atoms. The van der Waals surface area contributed by atoms with Gasteiger partial charge in [-0.15, -0.1) is 0 Å². The van der Waals surface area contributed by atoms with E-state index in [1.54, 1.807) is 18.7 Å². The van der Waals surface area contributed by atoms with Crippen molar-refractivity contribution in [3.05, 3.63) is 30.6 Å². The van der Waals surface area contributed by atoms with Gasteiger partial charge in [0.25, 0.3) is 6.73 Å². The van der Waals surface area contributed by atoms with E-state index in [0.717, 1.165) is 0 Å². The average molecular weight is 181 g/mol. The van der Waals surface area contributed by atoms with Crippen molar-refractivity contribution in [3.8, 4) is 0 Å². The zero-order valence-corrected chi connectivity index (χ0v) is 7.80. The highest BCUT2D eigenvalue weighted by molar-refractivity contribution is 5.66. The summed E-state index contributed by atoms with van der Waals surface area (Å²) in [5.41, 5.74) is 0. The highest BCUT2D eigenvalue weighted by atomic mass is 16.6. The van der Waals surface area contributed by atoms with Crippen molar-refractivity contribution in [2.45, 2.75) is 6.73 Å². The van der Waals surface area contributed by atoms with Crippen LogP contribution >= 0.6 is 0 Å². The summed E-state index contributed by atoms with van der Waals surface area (Å²) in [7, 11) is 3.30. The van der Waals surface area contributed by atoms with Gasteiger partial charge in [0.15, 0.2) is 12.4 Å². The van der Waals surface area contributed by atoms with E-state index < -0.39 is 0 Å². The molecule has 0 saturated carbocycles. The fourth-order valence-corrected chi connectivity index (χ4v) is 0.779. The Kier molecular flexibility index (Phi) is 3.25. The van der Waals surface area contributed by atoms with Crippen molar-refractivity contribution in [2.24, 2.45) is 0 Å². The molecule has 0 bridgehead atoms. The number of nitrogens with zero attached hydrogens (tertiary/aromatic N) is 2. The van der Waals surface area contributed by atoms with E-state index >= 15 is 0 Å². The zero-order valence-electron chi connectivity index (χ0n) is 7.80. The predicted octanol–water partition coefficient (Wildman–Crippen LogP) is 0.630. The summed E-state index contributed by atoms with van der Waals surface area (Å²) in [6.07, 6.45) is 3.34. The van der Waals surface area contributed by atoms with E-state index in [0.29, 0.717) is 0 Å². The molecule has 70 valence electrons. The van der Waals surface area contributed by atoms with Crippen LogP contribution in [-0.2, 0) is 11.5 Å². The van der Waals surface area contributed by atoms with E-state index in [2.05, 4.69) is 0 Å². The van der Waals surface area contributed by atoms with Gasteiger partial charge >= 0.3 is 6.09 Å². The van der Waals surface area contributed by atoms with E-state index in [4.69, 9.17) is 4.74 Å². The monoisotopic (exact) mass is 181 g/mol. The number of carbonyl (C=O) groups is 1. The fourth-order valence-electron chi connectivity index (χ4n) is 0.779. The second kappa shape index (κ2) is 4.45. The molecular weight excluding hydrogens is 168 g/mol. The Labute approximate surface area is 77.4 Å². The number of aromatic nitrogens is 1. The number of pyridine rings is 1. The van der Waals surface area contributed by atoms with Crippen molar-refractivity contribution in [1.29, 1.82) is 0 Å². The molecule has 0 unspecified atom stereocenters. The molecule has 0 fully saturated rings. The van der Waals surface area contributed by atoms with Gasteiger partial charge in [-0.3, -0.25) is 0 Å². The summed E-state index contributed by atoms with van der Waals surface area (Å²) in [6, 6.07) is 5.66. The van der Waals surface area contributed by atoms with Crippen LogP contribution in [0, 0.1) is 0 Å². The van der Waals surface area contributed by atoms with E-state index in [1.165, 1.54) is 4.90 Å². The molecular formula is C9H13N2O2+. The summed E-state index contributed by atoms with van der Waals surface area (Å²) >= 11 is 0. The van der Waals surface area contributed by atoms with E-state index in [9.17, 15) is 4.79 Å². The molecule has 0 aromatic carbocycles. The Morgan fingerprint density at radius 2 is 1.92 bits per heavy atom. The van der Waals surface area contributed by atoms with Crippen LogP contribution in [0.4, 0.5) is 4.79 Å². The third-order valence-electron chi connectivity index (χ3n) is 1.48. The largest absolute Gasteiger partial charge is 0.414 e. The number of rotatable bonds is 2. The summed E-state index contributed by atoms with van der Waals surface area (Å²) < 4.78 is 6.72. The highest BCUT2D eigenvalue weighted by Gasteiger charge is 2.06. The second-order valence-electron chi connectivity index (χ2n) is 2.82. The number of carbonyl (C=O) groups excluding carboxylic acids is 1. The molecule has 1 heterocycles. The second-order valence-corrected chi connectivity index (χ2v) is 2.82. The van der Waals surface area contributed by atoms with Crippen molar-refractivity contribution < 1.29 is 14.1 Å². The number of hydrogen-bond donors (Lipinski definition) is 0. The lowest BCUT2D eigenvalue weighted by Gasteiger charge is -2.07. The lowest BCUT2D eigenvalue weighted by atomic mass is 10.5. The molecule has 0 aliphatic rings. The molecule has 0 aliphatic heterocycles. The minimum absolute atomic E-state index is 0.248. The standard InChI is InChI=1S/C9H13N2O2/c1-10(2)9(12)13-8-11-6-4-3-5-7-11/h3-7H,8H2,1-2H3/q+1. The van der Waals surface area contributed by atoms with Crippen molar-refractivity contribution >= 4 is 6.09 Å². The minimum atomic E-state index is -0.337. The first-order chi connectivity index (χ1) is 6.20. The first-order valence-electron chi connectivity index (χ1n) is 3.98. The number of hydrogen-bond acceptors (Lipinski definition) is 2. The van der Waals surface area contributed by atoms with Gasteiger partial charge in [0.05, 0.1) is 0 Å². The van der Waals surface area contributed by atoms with Crippen LogP contribution < -0.4 is 4.57 Å². The van der Waals surface area contributed by atoms with Crippen LogP contribution in [-0.4, -0.2) is 25.1 Å². The molecule has 0 aliphatic carbocycles. The lowest BCUT2D eigenvalue weighted by molar-refractivity contribution is -0.727. The summed E-state index contributed by atoms with van der Waals surface area (Å²) in [5, 5.41) is 0. The summed E-state index contributed by atoms with van der Waals surface area (Å²) in [5.74, 6) is 0. The zero-order chi connectivity index (χ0) is 9.68. The highest BCUT2D eigenvalue weighted by Crippen LogP contribution is 1.85. The molecule has 4 heteroatoms. The Morgan fingerprint density at radius 1 is 1.31 bits per heavy atom. The van der Waals surface area contributed by atoms with Gasteiger partial charge in [0.2, 0.25) is 0 Å². The van der Waals surface area contributed by atoms with E-state index in [1.807, 2.05) is 30.6 Å². The third-order valence-corrected chi connectivity index (χ3v) is 1.48. The van der Waals surface area contributed by atoms with Gasteiger partial charge in [-0.2, -0.15) is 4.57 Å². The normalized spacial score (nSPS) is 9.38. The fraction of sp³-hybridized carbons (Fsp3) is 0.333. The van der Waals surface area contributed by atoms with Gasteiger partial charge in [-0.1, -0.05) is 6.07 Å². The van der Waals surface area contributed by atoms with E-state index in [-0.39, 0.29) is 12.8 Å². The minimum Gasteiger partial charge on any atom is -0.388 e. The molecule has 13 heavy (non-hydrogen) atoms. The predicted molar refractivity (Wildman–Crippen MR) is 46.8 cm³/mol. The first kappa shape index (κ1) is 9.51. The van der Waals surface area contributed by atoms with Crippen molar-refractivity contribution in [3.63, 3.8) is 0 Å². The van der Waals surface area contributed by atoms with Crippen LogP contribution in [0.3, 0.4) is 0 Å². The van der Waals surface area contributed by atoms with Gasteiger partial charge in [-0.05, 0) is 0 Å². The topological polar surface area (TPSA) is 33.4 Å². The van der Waals surface area contributed by atoms with Gasteiger partial charge in [0.1, 0.15) is 0 Å².